The molecule has 1 fully saturated rings. The van der Waals surface area contributed by atoms with Crippen molar-refractivity contribution in [3.63, 3.8) is 0 Å². The molecule has 0 radical (unpaired) electrons. The van der Waals surface area contributed by atoms with Crippen LogP contribution in [0.1, 0.15) is 43.0 Å². The zero-order chi connectivity index (χ0) is 20.5. The van der Waals surface area contributed by atoms with Crippen LogP contribution in [0.4, 0.5) is 9.59 Å². The lowest BCUT2D eigenvalue weighted by atomic mass is 9.93. The standard InChI is InChI=1S/C21H30N2O5/c1-4-5-12-22(20(25)27-2)15-17-11-13-23(21(26)28-3)18(17)14-19(24)16-9-7-6-8-10-16/h6-10,17-18H,4-5,11-15H2,1-3H3. The average Bonchev–Trinajstić information content (AvgIpc) is 3.12. The minimum Gasteiger partial charge on any atom is -0.453 e. The number of likely N-dealkylation sites (tertiary alicyclic amines) is 1. The smallest absolute Gasteiger partial charge is 0.409 e. The van der Waals surface area contributed by atoms with Gasteiger partial charge in [-0.3, -0.25) is 4.79 Å². The number of carbonyl (C=O) groups is 3. The van der Waals surface area contributed by atoms with Gasteiger partial charge in [-0.2, -0.15) is 0 Å². The quantitative estimate of drug-likeness (QED) is 0.634. The van der Waals surface area contributed by atoms with E-state index in [0.717, 1.165) is 12.8 Å². The largest absolute Gasteiger partial charge is 0.453 e. The van der Waals surface area contributed by atoms with Crippen molar-refractivity contribution < 1.29 is 23.9 Å². The molecule has 1 heterocycles. The van der Waals surface area contributed by atoms with Crippen LogP contribution in [-0.4, -0.2) is 67.7 Å². The molecule has 0 N–H and O–H groups in total. The zero-order valence-electron chi connectivity index (χ0n) is 16.9. The molecule has 0 bridgehead atoms. The minimum atomic E-state index is -0.438. The van der Waals surface area contributed by atoms with E-state index in [-0.39, 0.29) is 30.3 Å². The summed E-state index contributed by atoms with van der Waals surface area (Å²) in [6.45, 7) is 3.61. The number of Topliss-reactive ketones (excluding diaryl/α,β-unsaturated/α-hetero) is 1. The number of benzene rings is 1. The Hall–Kier alpha value is -2.57. The fourth-order valence-electron chi connectivity index (χ4n) is 3.70. The molecule has 2 atom stereocenters. The van der Waals surface area contributed by atoms with Gasteiger partial charge < -0.3 is 19.3 Å². The van der Waals surface area contributed by atoms with E-state index in [1.807, 2.05) is 18.2 Å². The fraction of sp³-hybridized carbons (Fsp3) is 0.571. The fourth-order valence-corrected chi connectivity index (χ4v) is 3.70. The maximum Gasteiger partial charge on any atom is 0.409 e. The third-order valence-electron chi connectivity index (χ3n) is 5.25. The number of rotatable bonds is 8. The number of unbranched alkanes of at least 4 members (excludes halogenated alkanes) is 1. The first kappa shape index (κ1) is 21.7. The van der Waals surface area contributed by atoms with Crippen LogP contribution in [0.15, 0.2) is 30.3 Å². The molecule has 7 nitrogen and oxygen atoms in total. The summed E-state index contributed by atoms with van der Waals surface area (Å²) in [7, 11) is 2.71. The van der Waals surface area contributed by atoms with Crippen LogP contribution in [-0.2, 0) is 9.47 Å². The maximum absolute atomic E-state index is 12.8. The number of hydrogen-bond acceptors (Lipinski definition) is 5. The van der Waals surface area contributed by atoms with Crippen LogP contribution in [0.5, 0.6) is 0 Å². The highest BCUT2D eigenvalue weighted by Gasteiger charge is 2.40. The van der Waals surface area contributed by atoms with Crippen molar-refractivity contribution in [3.8, 4) is 0 Å². The van der Waals surface area contributed by atoms with Gasteiger partial charge in [0.25, 0.3) is 0 Å². The summed E-state index contributed by atoms with van der Waals surface area (Å²) in [5.41, 5.74) is 0.619. The molecule has 0 aliphatic carbocycles. The number of ketones is 1. The molecule has 0 spiro atoms. The predicted octanol–water partition coefficient (Wildman–Crippen LogP) is 3.58. The molecule has 0 aromatic heterocycles. The van der Waals surface area contributed by atoms with Gasteiger partial charge in [0.15, 0.2) is 5.78 Å². The van der Waals surface area contributed by atoms with Gasteiger partial charge >= 0.3 is 12.2 Å². The Balaban J connectivity index is 2.17. The normalized spacial score (nSPS) is 18.6. The molecular formula is C21H30N2O5. The first-order chi connectivity index (χ1) is 13.5. The second-order valence-electron chi connectivity index (χ2n) is 7.04. The van der Waals surface area contributed by atoms with E-state index in [0.29, 0.717) is 31.6 Å². The highest BCUT2D eigenvalue weighted by molar-refractivity contribution is 5.96. The molecule has 1 aromatic carbocycles. The van der Waals surface area contributed by atoms with Crippen molar-refractivity contribution in [2.24, 2.45) is 5.92 Å². The number of methoxy groups -OCH3 is 2. The van der Waals surface area contributed by atoms with Gasteiger partial charge in [0.2, 0.25) is 0 Å². The molecule has 28 heavy (non-hydrogen) atoms. The van der Waals surface area contributed by atoms with Gasteiger partial charge in [-0.15, -0.1) is 0 Å². The van der Waals surface area contributed by atoms with Crippen molar-refractivity contribution in [3.05, 3.63) is 35.9 Å². The van der Waals surface area contributed by atoms with E-state index in [1.165, 1.54) is 14.2 Å². The van der Waals surface area contributed by atoms with Crippen molar-refractivity contribution in [1.82, 2.24) is 9.80 Å². The molecule has 2 unspecified atom stereocenters. The molecular weight excluding hydrogens is 360 g/mol. The Labute approximate surface area is 166 Å². The maximum atomic E-state index is 12.8. The monoisotopic (exact) mass is 390 g/mol. The number of nitrogens with zero attached hydrogens (tertiary/aromatic N) is 2. The Kier molecular flexibility index (Phi) is 8.29. The van der Waals surface area contributed by atoms with Gasteiger partial charge in [0.1, 0.15) is 0 Å². The van der Waals surface area contributed by atoms with Crippen LogP contribution in [0, 0.1) is 5.92 Å². The minimum absolute atomic E-state index is 0.0114. The number of amides is 2. The topological polar surface area (TPSA) is 76.2 Å². The van der Waals surface area contributed by atoms with Gasteiger partial charge in [0, 0.05) is 37.7 Å². The summed E-state index contributed by atoms with van der Waals surface area (Å²) in [5, 5.41) is 0. The third kappa shape index (κ3) is 5.47. The SMILES string of the molecule is CCCCN(CC1CCN(C(=O)OC)C1CC(=O)c1ccccc1)C(=O)OC. The Bertz CT molecular complexity index is 664. The average molecular weight is 390 g/mol. The second kappa shape index (κ2) is 10.7. The Morgan fingerprint density at radius 1 is 1.14 bits per heavy atom. The van der Waals surface area contributed by atoms with E-state index in [9.17, 15) is 14.4 Å². The van der Waals surface area contributed by atoms with Gasteiger partial charge in [-0.25, -0.2) is 9.59 Å². The van der Waals surface area contributed by atoms with E-state index < -0.39 is 6.09 Å². The van der Waals surface area contributed by atoms with Gasteiger partial charge in [-0.05, 0) is 18.8 Å². The summed E-state index contributed by atoms with van der Waals surface area (Å²) in [4.78, 5) is 40.4. The van der Waals surface area contributed by atoms with Crippen molar-refractivity contribution >= 4 is 18.0 Å². The Morgan fingerprint density at radius 3 is 2.46 bits per heavy atom. The van der Waals surface area contributed by atoms with Crippen LogP contribution in [0.25, 0.3) is 0 Å². The van der Waals surface area contributed by atoms with E-state index in [1.54, 1.807) is 21.9 Å². The lowest BCUT2D eigenvalue weighted by molar-refractivity contribution is 0.0848. The molecule has 1 saturated heterocycles. The molecule has 154 valence electrons. The molecule has 2 amide bonds. The lowest BCUT2D eigenvalue weighted by Crippen LogP contribution is -2.44. The highest BCUT2D eigenvalue weighted by Crippen LogP contribution is 2.30. The first-order valence-corrected chi connectivity index (χ1v) is 9.77. The summed E-state index contributed by atoms with van der Waals surface area (Å²) in [6, 6.07) is 8.74. The summed E-state index contributed by atoms with van der Waals surface area (Å²) in [6.07, 6.45) is 1.93. The van der Waals surface area contributed by atoms with Crippen molar-refractivity contribution in [1.29, 1.82) is 0 Å². The number of hydrogen-bond donors (Lipinski definition) is 0. The van der Waals surface area contributed by atoms with Crippen molar-refractivity contribution in [2.45, 2.75) is 38.6 Å². The number of carbonyl (C=O) groups excluding carboxylic acids is 3. The molecule has 7 heteroatoms. The molecule has 0 saturated carbocycles. The van der Waals surface area contributed by atoms with E-state index >= 15 is 0 Å². The summed E-state index contributed by atoms with van der Waals surface area (Å²) >= 11 is 0. The predicted molar refractivity (Wildman–Crippen MR) is 105 cm³/mol. The Morgan fingerprint density at radius 2 is 1.86 bits per heavy atom. The zero-order valence-corrected chi connectivity index (χ0v) is 16.9. The first-order valence-electron chi connectivity index (χ1n) is 9.77. The van der Waals surface area contributed by atoms with E-state index in [2.05, 4.69) is 6.92 Å². The van der Waals surface area contributed by atoms with Crippen LogP contribution < -0.4 is 0 Å². The number of ether oxygens (including phenoxy) is 2. The van der Waals surface area contributed by atoms with Crippen LogP contribution in [0.3, 0.4) is 0 Å². The summed E-state index contributed by atoms with van der Waals surface area (Å²) in [5.74, 6) is -0.0349. The van der Waals surface area contributed by atoms with Crippen LogP contribution >= 0.6 is 0 Å². The third-order valence-corrected chi connectivity index (χ3v) is 5.25. The molecule has 2 rings (SSSR count). The highest BCUT2D eigenvalue weighted by atomic mass is 16.5. The van der Waals surface area contributed by atoms with Gasteiger partial charge in [-0.1, -0.05) is 43.7 Å². The summed E-state index contributed by atoms with van der Waals surface area (Å²) < 4.78 is 9.82. The van der Waals surface area contributed by atoms with Crippen molar-refractivity contribution in [2.75, 3.05) is 33.9 Å². The molecule has 1 aromatic rings. The van der Waals surface area contributed by atoms with E-state index in [4.69, 9.17) is 9.47 Å². The molecule has 1 aliphatic rings. The second-order valence-corrected chi connectivity index (χ2v) is 7.04. The van der Waals surface area contributed by atoms with Crippen LogP contribution in [0.2, 0.25) is 0 Å². The molecule has 1 aliphatic heterocycles. The van der Waals surface area contributed by atoms with Gasteiger partial charge in [0.05, 0.1) is 14.2 Å². The lowest BCUT2D eigenvalue weighted by Gasteiger charge is -2.30.